The Morgan fingerprint density at radius 3 is 3.00 bits per heavy atom. The van der Waals surface area contributed by atoms with Gasteiger partial charge >= 0.3 is 0 Å². The van der Waals surface area contributed by atoms with Gasteiger partial charge in [0.25, 0.3) is 0 Å². The Hall–Kier alpha value is -1.13. The quantitative estimate of drug-likeness (QED) is 0.827. The molecule has 1 aliphatic carbocycles. The number of anilines is 1. The normalized spacial score (nSPS) is 24.4. The molecular formula is C11H14ClN3O. The fourth-order valence-electron chi connectivity index (χ4n) is 2.00. The Balaban J connectivity index is 2.05. The van der Waals surface area contributed by atoms with E-state index >= 15 is 0 Å². The van der Waals surface area contributed by atoms with Crippen LogP contribution in [0.2, 0.25) is 5.02 Å². The highest BCUT2D eigenvalue weighted by atomic mass is 35.5. The van der Waals surface area contributed by atoms with Gasteiger partial charge in [-0.1, -0.05) is 18.0 Å². The standard InChI is InChI=1S/C11H14ClN3O/c12-8-4-2-6-14-10(8)15-11(16)7-3-1-5-9(7)13/h2,4,6-7,9H,1,3,5,13H2,(H,14,15,16). The summed E-state index contributed by atoms with van der Waals surface area (Å²) in [6.45, 7) is 0. The zero-order valence-electron chi connectivity index (χ0n) is 8.82. The average molecular weight is 240 g/mol. The van der Waals surface area contributed by atoms with Gasteiger partial charge in [0.15, 0.2) is 5.82 Å². The maximum absolute atomic E-state index is 11.9. The van der Waals surface area contributed by atoms with Gasteiger partial charge in [0.2, 0.25) is 5.91 Å². The number of carbonyl (C=O) groups is 1. The smallest absolute Gasteiger partial charge is 0.230 e. The lowest BCUT2D eigenvalue weighted by Gasteiger charge is -2.14. The predicted molar refractivity (Wildman–Crippen MR) is 63.2 cm³/mol. The largest absolute Gasteiger partial charge is 0.327 e. The SMILES string of the molecule is NC1CCCC1C(=O)Nc1ncccc1Cl. The van der Waals surface area contributed by atoms with Crippen LogP contribution in [0.25, 0.3) is 0 Å². The summed E-state index contributed by atoms with van der Waals surface area (Å²) in [5.41, 5.74) is 5.86. The van der Waals surface area contributed by atoms with Gasteiger partial charge in [-0.2, -0.15) is 0 Å². The molecule has 4 nitrogen and oxygen atoms in total. The van der Waals surface area contributed by atoms with Crippen LogP contribution in [-0.2, 0) is 4.79 Å². The van der Waals surface area contributed by atoms with Gasteiger partial charge in [-0.05, 0) is 25.0 Å². The molecule has 0 radical (unpaired) electrons. The first-order valence-electron chi connectivity index (χ1n) is 5.35. The number of carbonyl (C=O) groups excluding carboxylic acids is 1. The molecule has 0 aliphatic heterocycles. The number of nitrogens with zero attached hydrogens (tertiary/aromatic N) is 1. The first kappa shape index (κ1) is 11.4. The second-order valence-corrected chi connectivity index (χ2v) is 4.43. The third-order valence-corrected chi connectivity index (χ3v) is 3.21. The van der Waals surface area contributed by atoms with Crippen molar-refractivity contribution in [1.29, 1.82) is 0 Å². The maximum atomic E-state index is 11.9. The molecule has 1 aliphatic rings. The monoisotopic (exact) mass is 239 g/mol. The molecule has 86 valence electrons. The number of aromatic nitrogens is 1. The highest BCUT2D eigenvalue weighted by Gasteiger charge is 2.30. The Bertz CT molecular complexity index is 397. The van der Waals surface area contributed by atoms with E-state index in [1.54, 1.807) is 18.3 Å². The summed E-state index contributed by atoms with van der Waals surface area (Å²) in [7, 11) is 0. The summed E-state index contributed by atoms with van der Waals surface area (Å²) in [5, 5.41) is 3.17. The van der Waals surface area contributed by atoms with E-state index < -0.39 is 0 Å². The third-order valence-electron chi connectivity index (χ3n) is 2.91. The van der Waals surface area contributed by atoms with Crippen molar-refractivity contribution in [3.8, 4) is 0 Å². The summed E-state index contributed by atoms with van der Waals surface area (Å²) >= 11 is 5.90. The topological polar surface area (TPSA) is 68.0 Å². The summed E-state index contributed by atoms with van der Waals surface area (Å²) in [6, 6.07) is 3.38. The van der Waals surface area contributed by atoms with E-state index in [1.807, 2.05) is 0 Å². The molecule has 1 heterocycles. The minimum Gasteiger partial charge on any atom is -0.327 e. The second kappa shape index (κ2) is 4.80. The van der Waals surface area contributed by atoms with E-state index in [2.05, 4.69) is 10.3 Å². The third kappa shape index (κ3) is 2.33. The van der Waals surface area contributed by atoms with Gasteiger partial charge in [0.1, 0.15) is 0 Å². The number of hydrogen-bond acceptors (Lipinski definition) is 3. The van der Waals surface area contributed by atoms with E-state index in [0.29, 0.717) is 10.8 Å². The molecule has 1 aromatic rings. The van der Waals surface area contributed by atoms with Crippen LogP contribution < -0.4 is 11.1 Å². The predicted octanol–water partition coefficient (Wildman–Crippen LogP) is 1.80. The molecule has 3 N–H and O–H groups in total. The van der Waals surface area contributed by atoms with E-state index in [-0.39, 0.29) is 17.9 Å². The van der Waals surface area contributed by atoms with Crippen molar-refractivity contribution in [1.82, 2.24) is 4.98 Å². The van der Waals surface area contributed by atoms with Crippen LogP contribution in [-0.4, -0.2) is 16.9 Å². The minimum absolute atomic E-state index is 0.0394. The Morgan fingerprint density at radius 1 is 1.56 bits per heavy atom. The van der Waals surface area contributed by atoms with Crippen LogP contribution >= 0.6 is 11.6 Å². The molecule has 16 heavy (non-hydrogen) atoms. The fraction of sp³-hybridized carbons (Fsp3) is 0.455. The Morgan fingerprint density at radius 2 is 2.38 bits per heavy atom. The van der Waals surface area contributed by atoms with Crippen molar-refractivity contribution in [2.45, 2.75) is 25.3 Å². The van der Waals surface area contributed by atoms with Crippen molar-refractivity contribution >= 4 is 23.3 Å². The molecule has 0 spiro atoms. The molecule has 0 aromatic carbocycles. The molecule has 2 atom stereocenters. The highest BCUT2D eigenvalue weighted by Crippen LogP contribution is 2.26. The van der Waals surface area contributed by atoms with Crippen LogP contribution in [0.15, 0.2) is 18.3 Å². The highest BCUT2D eigenvalue weighted by molar-refractivity contribution is 6.33. The van der Waals surface area contributed by atoms with Crippen LogP contribution in [0.5, 0.6) is 0 Å². The average Bonchev–Trinajstić information content (AvgIpc) is 2.68. The summed E-state index contributed by atoms with van der Waals surface area (Å²) in [5.74, 6) is 0.219. The van der Waals surface area contributed by atoms with Gasteiger partial charge < -0.3 is 11.1 Å². The van der Waals surface area contributed by atoms with Crippen LogP contribution in [0.4, 0.5) is 5.82 Å². The summed E-state index contributed by atoms with van der Waals surface area (Å²) in [4.78, 5) is 15.9. The molecule has 2 rings (SSSR count). The number of nitrogens with two attached hydrogens (primary N) is 1. The second-order valence-electron chi connectivity index (χ2n) is 4.02. The Labute approximate surface area is 99.2 Å². The number of amides is 1. The lowest BCUT2D eigenvalue weighted by atomic mass is 10.0. The molecule has 5 heteroatoms. The van der Waals surface area contributed by atoms with Crippen LogP contribution in [0, 0.1) is 5.92 Å². The van der Waals surface area contributed by atoms with Crippen molar-refractivity contribution < 1.29 is 4.79 Å². The molecule has 1 aromatic heterocycles. The molecule has 0 bridgehead atoms. The number of halogens is 1. The van der Waals surface area contributed by atoms with Crippen molar-refractivity contribution in [3.63, 3.8) is 0 Å². The lowest BCUT2D eigenvalue weighted by molar-refractivity contribution is -0.120. The molecular weight excluding hydrogens is 226 g/mol. The van der Waals surface area contributed by atoms with E-state index in [4.69, 9.17) is 17.3 Å². The number of hydrogen-bond donors (Lipinski definition) is 2. The first-order chi connectivity index (χ1) is 7.68. The summed E-state index contributed by atoms with van der Waals surface area (Å²) in [6.07, 6.45) is 4.36. The van der Waals surface area contributed by atoms with Crippen molar-refractivity contribution in [2.24, 2.45) is 11.7 Å². The first-order valence-corrected chi connectivity index (χ1v) is 5.73. The van der Waals surface area contributed by atoms with Gasteiger partial charge in [-0.3, -0.25) is 4.79 Å². The molecule has 2 unspecified atom stereocenters. The van der Waals surface area contributed by atoms with Crippen molar-refractivity contribution in [2.75, 3.05) is 5.32 Å². The minimum atomic E-state index is -0.113. The zero-order valence-corrected chi connectivity index (χ0v) is 9.57. The number of rotatable bonds is 2. The van der Waals surface area contributed by atoms with Gasteiger partial charge in [-0.15, -0.1) is 0 Å². The number of nitrogens with one attached hydrogen (secondary N) is 1. The van der Waals surface area contributed by atoms with Crippen molar-refractivity contribution in [3.05, 3.63) is 23.4 Å². The van der Waals surface area contributed by atoms with E-state index in [1.165, 1.54) is 0 Å². The molecule has 1 saturated carbocycles. The zero-order chi connectivity index (χ0) is 11.5. The van der Waals surface area contributed by atoms with Crippen LogP contribution in [0.3, 0.4) is 0 Å². The van der Waals surface area contributed by atoms with Crippen LogP contribution in [0.1, 0.15) is 19.3 Å². The molecule has 1 amide bonds. The molecule has 0 saturated heterocycles. The van der Waals surface area contributed by atoms with Gasteiger partial charge in [0.05, 0.1) is 10.9 Å². The van der Waals surface area contributed by atoms with Gasteiger partial charge in [0, 0.05) is 12.2 Å². The molecule has 1 fully saturated rings. The number of pyridine rings is 1. The maximum Gasteiger partial charge on any atom is 0.230 e. The Kier molecular flexibility index (Phi) is 3.41. The lowest BCUT2D eigenvalue weighted by Crippen LogP contribution is -2.34. The van der Waals surface area contributed by atoms with E-state index in [9.17, 15) is 4.79 Å². The summed E-state index contributed by atoms with van der Waals surface area (Å²) < 4.78 is 0. The van der Waals surface area contributed by atoms with Gasteiger partial charge in [-0.25, -0.2) is 4.98 Å². The fourth-order valence-corrected chi connectivity index (χ4v) is 2.17. The van der Waals surface area contributed by atoms with E-state index in [0.717, 1.165) is 19.3 Å².